The van der Waals surface area contributed by atoms with Gasteiger partial charge in [-0.1, -0.05) is 0 Å². The van der Waals surface area contributed by atoms with Crippen LogP contribution in [0.15, 0.2) is 12.3 Å². The largest absolute Gasteiger partial charge is 0.383 e. The monoisotopic (exact) mass is 236 g/mol. The average Bonchev–Trinajstić information content (AvgIpc) is 2.80. The third-order valence-electron chi connectivity index (χ3n) is 3.38. The van der Waals surface area contributed by atoms with Crippen LogP contribution < -0.4 is 17.0 Å². The number of aromatic nitrogens is 1. The molecule has 1 aliphatic heterocycles. The van der Waals surface area contributed by atoms with E-state index in [1.54, 1.807) is 6.20 Å². The summed E-state index contributed by atoms with van der Waals surface area (Å²) in [5.74, 6) is 6.76. The van der Waals surface area contributed by atoms with Gasteiger partial charge in [0.15, 0.2) is 0 Å². The average molecular weight is 236 g/mol. The molecule has 2 unspecified atom stereocenters. The number of nitrogens with zero attached hydrogens (tertiary/aromatic N) is 1. The van der Waals surface area contributed by atoms with E-state index >= 15 is 0 Å². The number of anilines is 1. The van der Waals surface area contributed by atoms with Crippen molar-refractivity contribution in [2.45, 2.75) is 25.8 Å². The van der Waals surface area contributed by atoms with E-state index in [2.05, 4.69) is 10.4 Å². The van der Waals surface area contributed by atoms with Gasteiger partial charge in [0, 0.05) is 25.0 Å². The first-order valence-electron chi connectivity index (χ1n) is 5.97. The van der Waals surface area contributed by atoms with Gasteiger partial charge in [0.25, 0.3) is 0 Å². The third-order valence-corrected chi connectivity index (χ3v) is 3.38. The summed E-state index contributed by atoms with van der Waals surface area (Å²) in [4.78, 5) is 4.13. The maximum absolute atomic E-state index is 5.93. The second kappa shape index (κ2) is 5.44. The number of nitrogens with two attached hydrogens (primary N) is 2. The zero-order valence-electron chi connectivity index (χ0n) is 10.1. The molecule has 5 nitrogen and oxygen atoms in total. The van der Waals surface area contributed by atoms with Gasteiger partial charge in [0.1, 0.15) is 5.82 Å². The van der Waals surface area contributed by atoms with Crippen molar-refractivity contribution in [3.05, 3.63) is 23.4 Å². The Balaban J connectivity index is 2.16. The van der Waals surface area contributed by atoms with Gasteiger partial charge in [-0.25, -0.2) is 4.98 Å². The molecule has 1 saturated heterocycles. The highest BCUT2D eigenvalue weighted by atomic mass is 16.5. The zero-order chi connectivity index (χ0) is 12.3. The Morgan fingerprint density at radius 1 is 1.65 bits per heavy atom. The van der Waals surface area contributed by atoms with Gasteiger partial charge in [-0.05, 0) is 37.3 Å². The number of nitrogens with one attached hydrogen (secondary N) is 1. The first kappa shape index (κ1) is 12.3. The number of hydrazine groups is 1. The molecular formula is C12H20N4O. The minimum Gasteiger partial charge on any atom is -0.383 e. The van der Waals surface area contributed by atoms with Gasteiger partial charge in [0.2, 0.25) is 0 Å². The molecule has 1 aromatic heterocycles. The van der Waals surface area contributed by atoms with Crippen molar-refractivity contribution in [1.82, 2.24) is 10.4 Å². The predicted molar refractivity (Wildman–Crippen MR) is 67.0 cm³/mol. The minimum absolute atomic E-state index is 0.0513. The second-order valence-corrected chi connectivity index (χ2v) is 4.61. The van der Waals surface area contributed by atoms with Gasteiger partial charge >= 0.3 is 0 Å². The van der Waals surface area contributed by atoms with Crippen LogP contribution in [0.4, 0.5) is 5.82 Å². The normalized spacial score (nSPS) is 21.6. The molecular weight excluding hydrogens is 216 g/mol. The summed E-state index contributed by atoms with van der Waals surface area (Å²) in [6.45, 7) is 3.70. The van der Waals surface area contributed by atoms with E-state index in [1.165, 1.54) is 0 Å². The lowest BCUT2D eigenvalue weighted by Gasteiger charge is -2.22. The fraction of sp³-hybridized carbons (Fsp3) is 0.583. The Hall–Kier alpha value is -1.17. The number of hydrogen-bond donors (Lipinski definition) is 3. The van der Waals surface area contributed by atoms with Crippen LogP contribution in [0.2, 0.25) is 0 Å². The van der Waals surface area contributed by atoms with Crippen LogP contribution in [-0.4, -0.2) is 18.2 Å². The topological polar surface area (TPSA) is 86.2 Å². The Kier molecular flexibility index (Phi) is 3.93. The highest BCUT2D eigenvalue weighted by Gasteiger charge is 2.23. The molecule has 0 aromatic carbocycles. The summed E-state index contributed by atoms with van der Waals surface area (Å²) in [6, 6.07) is 2.01. The summed E-state index contributed by atoms with van der Waals surface area (Å²) in [5.41, 5.74) is 10.9. The van der Waals surface area contributed by atoms with Crippen molar-refractivity contribution in [1.29, 1.82) is 0 Å². The lowest BCUT2D eigenvalue weighted by atomic mass is 9.92. The molecule has 0 saturated carbocycles. The van der Waals surface area contributed by atoms with Crippen LogP contribution in [-0.2, 0) is 4.74 Å². The van der Waals surface area contributed by atoms with Crippen molar-refractivity contribution in [2.75, 3.05) is 18.9 Å². The van der Waals surface area contributed by atoms with Crippen molar-refractivity contribution >= 4 is 5.82 Å². The quantitative estimate of drug-likeness (QED) is 0.534. The van der Waals surface area contributed by atoms with Gasteiger partial charge in [-0.15, -0.1) is 0 Å². The third kappa shape index (κ3) is 2.74. The first-order chi connectivity index (χ1) is 8.22. The van der Waals surface area contributed by atoms with Crippen LogP contribution in [0.25, 0.3) is 0 Å². The molecule has 2 heterocycles. The van der Waals surface area contributed by atoms with E-state index in [-0.39, 0.29) is 6.04 Å². The van der Waals surface area contributed by atoms with Gasteiger partial charge in [-0.3, -0.25) is 11.3 Å². The molecule has 0 spiro atoms. The first-order valence-corrected chi connectivity index (χ1v) is 5.97. The van der Waals surface area contributed by atoms with Gasteiger partial charge < -0.3 is 10.5 Å². The number of aryl methyl sites for hydroxylation is 1. The highest BCUT2D eigenvalue weighted by molar-refractivity contribution is 5.46. The van der Waals surface area contributed by atoms with E-state index < -0.39 is 0 Å². The standard InChI is InChI=1S/C12H20N4O/c1-8-2-4-15-12(13)11(8)10(16-14)6-9-3-5-17-7-9/h2,4,9-10,16H,3,5-7,14H2,1H3,(H2,13,15). The number of hydrogen-bond acceptors (Lipinski definition) is 5. The molecule has 0 radical (unpaired) electrons. The molecule has 2 atom stereocenters. The highest BCUT2D eigenvalue weighted by Crippen LogP contribution is 2.30. The fourth-order valence-electron chi connectivity index (χ4n) is 2.42. The van der Waals surface area contributed by atoms with Crippen LogP contribution in [0.1, 0.15) is 30.0 Å². The Morgan fingerprint density at radius 3 is 3.06 bits per heavy atom. The predicted octanol–water partition coefficient (Wildman–Crippen LogP) is 0.903. The van der Waals surface area contributed by atoms with Crippen molar-refractivity contribution in [3.63, 3.8) is 0 Å². The van der Waals surface area contributed by atoms with E-state index in [1.807, 2.05) is 13.0 Å². The SMILES string of the molecule is Cc1ccnc(N)c1C(CC1CCOC1)NN. The lowest BCUT2D eigenvalue weighted by Crippen LogP contribution is -2.31. The molecule has 5 heteroatoms. The summed E-state index contributed by atoms with van der Waals surface area (Å²) in [6.07, 6.45) is 3.76. The van der Waals surface area contributed by atoms with Crippen molar-refractivity contribution < 1.29 is 4.74 Å². The molecule has 94 valence electrons. The maximum atomic E-state index is 5.93. The molecule has 0 aliphatic carbocycles. The molecule has 1 fully saturated rings. The van der Waals surface area contributed by atoms with Crippen LogP contribution in [0.5, 0.6) is 0 Å². The Morgan fingerprint density at radius 2 is 2.47 bits per heavy atom. The van der Waals surface area contributed by atoms with Gasteiger partial charge in [0.05, 0.1) is 6.04 Å². The molecule has 1 aromatic rings. The number of pyridine rings is 1. The molecule has 0 amide bonds. The molecule has 0 bridgehead atoms. The number of ether oxygens (including phenoxy) is 1. The minimum atomic E-state index is 0.0513. The number of nitrogen functional groups attached to an aromatic ring is 1. The molecule has 17 heavy (non-hydrogen) atoms. The molecule has 5 N–H and O–H groups in total. The summed E-state index contributed by atoms with van der Waals surface area (Å²) in [7, 11) is 0. The summed E-state index contributed by atoms with van der Waals surface area (Å²) in [5, 5.41) is 0. The van der Waals surface area contributed by atoms with Crippen LogP contribution in [0.3, 0.4) is 0 Å². The van der Waals surface area contributed by atoms with Crippen molar-refractivity contribution in [3.8, 4) is 0 Å². The summed E-state index contributed by atoms with van der Waals surface area (Å²) < 4.78 is 5.38. The molecule has 2 rings (SSSR count). The smallest absolute Gasteiger partial charge is 0.128 e. The lowest BCUT2D eigenvalue weighted by molar-refractivity contribution is 0.181. The number of rotatable bonds is 4. The zero-order valence-corrected chi connectivity index (χ0v) is 10.1. The fourth-order valence-corrected chi connectivity index (χ4v) is 2.42. The van der Waals surface area contributed by atoms with Crippen LogP contribution >= 0.6 is 0 Å². The van der Waals surface area contributed by atoms with E-state index in [9.17, 15) is 0 Å². The van der Waals surface area contributed by atoms with E-state index in [4.69, 9.17) is 16.3 Å². The molecule has 1 aliphatic rings. The van der Waals surface area contributed by atoms with Crippen molar-refractivity contribution in [2.24, 2.45) is 11.8 Å². The Labute approximate surface area is 102 Å². The van der Waals surface area contributed by atoms with Gasteiger partial charge in [-0.2, -0.15) is 0 Å². The summed E-state index contributed by atoms with van der Waals surface area (Å²) >= 11 is 0. The van der Waals surface area contributed by atoms with E-state index in [0.29, 0.717) is 11.7 Å². The van der Waals surface area contributed by atoms with E-state index in [0.717, 1.165) is 37.2 Å². The Bertz CT molecular complexity index is 357. The second-order valence-electron chi connectivity index (χ2n) is 4.61. The maximum Gasteiger partial charge on any atom is 0.128 e. The van der Waals surface area contributed by atoms with Crippen LogP contribution in [0, 0.1) is 12.8 Å².